The van der Waals surface area contributed by atoms with Crippen molar-refractivity contribution in [3.05, 3.63) is 36.0 Å². The number of nitrogens with one attached hydrogen (secondary N) is 2. The second kappa shape index (κ2) is 7.46. The summed E-state index contributed by atoms with van der Waals surface area (Å²) >= 11 is 0. The fourth-order valence-corrected chi connectivity index (χ4v) is 4.49. The molecule has 0 bridgehead atoms. The van der Waals surface area contributed by atoms with Crippen LogP contribution in [-0.2, 0) is 9.59 Å². The third-order valence-corrected chi connectivity index (χ3v) is 6.33. The molecule has 1 saturated carbocycles. The van der Waals surface area contributed by atoms with Crippen LogP contribution in [0.5, 0.6) is 0 Å². The Balaban J connectivity index is 1.47. The Morgan fingerprint density at radius 1 is 1.28 bits per heavy atom. The van der Waals surface area contributed by atoms with Gasteiger partial charge < -0.3 is 10.6 Å². The highest BCUT2D eigenvalue weighted by Gasteiger charge is 2.52. The van der Waals surface area contributed by atoms with E-state index in [-0.39, 0.29) is 12.5 Å². The third-order valence-electron chi connectivity index (χ3n) is 6.33. The molecular weight excluding hydrogens is 368 g/mol. The summed E-state index contributed by atoms with van der Waals surface area (Å²) in [6, 6.07) is 6.93. The number of aromatic nitrogens is 1. The van der Waals surface area contributed by atoms with Crippen molar-refractivity contribution in [2.45, 2.75) is 51.5 Å². The van der Waals surface area contributed by atoms with Gasteiger partial charge in [-0.3, -0.25) is 19.5 Å². The molecule has 1 aliphatic carbocycles. The number of anilines is 1. The van der Waals surface area contributed by atoms with Crippen molar-refractivity contribution < 1.29 is 14.4 Å². The zero-order valence-electron chi connectivity index (χ0n) is 16.8. The van der Waals surface area contributed by atoms with Gasteiger partial charge in [-0.25, -0.2) is 4.79 Å². The quantitative estimate of drug-likeness (QED) is 0.778. The molecule has 1 aromatic heterocycles. The minimum Gasteiger partial charge on any atom is -0.324 e. The van der Waals surface area contributed by atoms with Crippen molar-refractivity contribution >= 4 is 34.4 Å². The zero-order chi connectivity index (χ0) is 20.6. The van der Waals surface area contributed by atoms with Gasteiger partial charge in [0.25, 0.3) is 5.91 Å². The largest absolute Gasteiger partial charge is 0.325 e. The lowest BCUT2D eigenvalue weighted by Crippen LogP contribution is -2.49. The number of fused-ring (bicyclic) bond motifs is 1. The first-order valence-corrected chi connectivity index (χ1v) is 10.2. The standard InChI is InChI=1S/C22H26N4O3/c1-3-15-8-10-22(11-9-15)20(28)26(21(29)25-22)13-18(27)24-17-7-6-14(2)19-16(17)5-4-12-23-19/h4-7,12,15H,3,8-11,13H2,1-2H3,(H,24,27)(H,25,29). The van der Waals surface area contributed by atoms with Crippen molar-refractivity contribution in [2.24, 2.45) is 5.92 Å². The number of imide groups is 1. The van der Waals surface area contributed by atoms with Crippen molar-refractivity contribution in [3.8, 4) is 0 Å². The summed E-state index contributed by atoms with van der Waals surface area (Å²) in [5.74, 6) is -0.0736. The molecule has 152 valence electrons. The van der Waals surface area contributed by atoms with Crippen molar-refractivity contribution in [3.63, 3.8) is 0 Å². The predicted octanol–water partition coefficient (Wildman–Crippen LogP) is 3.37. The van der Waals surface area contributed by atoms with E-state index in [1.807, 2.05) is 31.2 Å². The van der Waals surface area contributed by atoms with E-state index in [1.165, 1.54) is 0 Å². The Labute approximate surface area is 169 Å². The molecule has 1 aromatic carbocycles. The van der Waals surface area contributed by atoms with Crippen LogP contribution in [0.4, 0.5) is 10.5 Å². The van der Waals surface area contributed by atoms with E-state index >= 15 is 0 Å². The minimum atomic E-state index is -0.830. The summed E-state index contributed by atoms with van der Waals surface area (Å²) in [4.78, 5) is 43.5. The maximum absolute atomic E-state index is 13.0. The van der Waals surface area contributed by atoms with Gasteiger partial charge in [-0.15, -0.1) is 0 Å². The number of nitrogens with zero attached hydrogens (tertiary/aromatic N) is 2. The van der Waals surface area contributed by atoms with Crippen LogP contribution in [0.25, 0.3) is 10.9 Å². The van der Waals surface area contributed by atoms with Crippen LogP contribution in [0.2, 0.25) is 0 Å². The topological polar surface area (TPSA) is 91.4 Å². The Hall–Kier alpha value is -2.96. The van der Waals surface area contributed by atoms with Crippen LogP contribution in [0.1, 0.15) is 44.6 Å². The van der Waals surface area contributed by atoms with Crippen LogP contribution >= 0.6 is 0 Å². The molecule has 4 amide bonds. The van der Waals surface area contributed by atoms with Crippen molar-refractivity contribution in [1.29, 1.82) is 0 Å². The van der Waals surface area contributed by atoms with E-state index in [9.17, 15) is 14.4 Å². The number of hydrogen-bond donors (Lipinski definition) is 2. The third kappa shape index (κ3) is 3.45. The van der Waals surface area contributed by atoms with Gasteiger partial charge in [0.05, 0.1) is 11.2 Å². The molecule has 2 fully saturated rings. The normalized spacial score (nSPS) is 24.2. The smallest absolute Gasteiger partial charge is 0.324 e. The van der Waals surface area contributed by atoms with E-state index in [1.54, 1.807) is 6.20 Å². The van der Waals surface area contributed by atoms with E-state index in [0.717, 1.165) is 40.6 Å². The number of pyridine rings is 1. The number of urea groups is 1. The Kier molecular flexibility index (Phi) is 4.98. The molecule has 7 nitrogen and oxygen atoms in total. The van der Waals surface area contributed by atoms with Crippen LogP contribution in [0.15, 0.2) is 30.5 Å². The van der Waals surface area contributed by atoms with Gasteiger partial charge in [-0.1, -0.05) is 19.4 Å². The van der Waals surface area contributed by atoms with Crippen molar-refractivity contribution in [2.75, 3.05) is 11.9 Å². The molecule has 0 unspecified atom stereocenters. The fourth-order valence-electron chi connectivity index (χ4n) is 4.49. The SMILES string of the molecule is CCC1CCC2(CC1)NC(=O)N(CC(=O)Nc1ccc(C)c3ncccc13)C2=O. The summed E-state index contributed by atoms with van der Waals surface area (Å²) < 4.78 is 0. The zero-order valence-corrected chi connectivity index (χ0v) is 16.8. The molecule has 0 radical (unpaired) electrons. The average Bonchev–Trinajstić information content (AvgIpc) is 2.95. The second-order valence-corrected chi connectivity index (χ2v) is 8.13. The molecule has 1 aliphatic heterocycles. The monoisotopic (exact) mass is 394 g/mol. The minimum absolute atomic E-state index is 0.275. The van der Waals surface area contributed by atoms with Crippen LogP contribution in [0, 0.1) is 12.8 Å². The lowest BCUT2D eigenvalue weighted by atomic mass is 9.75. The molecule has 29 heavy (non-hydrogen) atoms. The molecule has 2 N–H and O–H groups in total. The van der Waals surface area contributed by atoms with Crippen LogP contribution in [-0.4, -0.2) is 39.8 Å². The van der Waals surface area contributed by atoms with E-state index in [2.05, 4.69) is 22.5 Å². The Bertz CT molecular complexity index is 979. The van der Waals surface area contributed by atoms with Crippen LogP contribution in [0.3, 0.4) is 0 Å². The lowest BCUT2D eigenvalue weighted by Gasteiger charge is -2.34. The van der Waals surface area contributed by atoms with E-state index in [0.29, 0.717) is 24.4 Å². The molecule has 2 aromatic rings. The summed E-state index contributed by atoms with van der Waals surface area (Å²) in [6.07, 6.45) is 5.92. The molecule has 4 rings (SSSR count). The number of carbonyl (C=O) groups is 3. The molecular formula is C22H26N4O3. The van der Waals surface area contributed by atoms with Gasteiger partial charge in [-0.05, 0) is 62.3 Å². The number of benzene rings is 1. The molecule has 2 heterocycles. The Morgan fingerprint density at radius 3 is 2.76 bits per heavy atom. The highest BCUT2D eigenvalue weighted by Crippen LogP contribution is 2.37. The number of amides is 4. The predicted molar refractivity (Wildman–Crippen MR) is 110 cm³/mol. The van der Waals surface area contributed by atoms with Gasteiger partial charge in [0, 0.05) is 11.6 Å². The first-order chi connectivity index (χ1) is 13.9. The van der Waals surface area contributed by atoms with Gasteiger partial charge in [-0.2, -0.15) is 0 Å². The molecule has 2 aliphatic rings. The summed E-state index contributed by atoms with van der Waals surface area (Å²) in [6.45, 7) is 3.82. The summed E-state index contributed by atoms with van der Waals surface area (Å²) in [5, 5.41) is 6.53. The Morgan fingerprint density at radius 2 is 2.03 bits per heavy atom. The van der Waals surface area contributed by atoms with Gasteiger partial charge in [0.15, 0.2) is 0 Å². The van der Waals surface area contributed by atoms with Gasteiger partial charge in [0.1, 0.15) is 12.1 Å². The highest BCUT2D eigenvalue weighted by atomic mass is 16.2. The van der Waals surface area contributed by atoms with E-state index in [4.69, 9.17) is 0 Å². The van der Waals surface area contributed by atoms with Gasteiger partial charge in [0.2, 0.25) is 5.91 Å². The molecule has 1 spiro atoms. The maximum atomic E-state index is 13.0. The van der Waals surface area contributed by atoms with Crippen LogP contribution < -0.4 is 10.6 Å². The highest BCUT2D eigenvalue weighted by molar-refractivity contribution is 6.11. The number of aryl methyl sites for hydroxylation is 1. The second-order valence-electron chi connectivity index (χ2n) is 8.13. The first-order valence-electron chi connectivity index (χ1n) is 10.2. The van der Waals surface area contributed by atoms with Gasteiger partial charge >= 0.3 is 6.03 Å². The molecule has 0 atom stereocenters. The fraction of sp³-hybridized carbons (Fsp3) is 0.455. The number of rotatable bonds is 4. The number of hydrogen-bond acceptors (Lipinski definition) is 4. The molecule has 1 saturated heterocycles. The van der Waals surface area contributed by atoms with E-state index < -0.39 is 17.5 Å². The average molecular weight is 394 g/mol. The summed E-state index contributed by atoms with van der Waals surface area (Å²) in [5.41, 5.74) is 1.61. The maximum Gasteiger partial charge on any atom is 0.325 e. The first kappa shape index (κ1) is 19.4. The molecule has 7 heteroatoms. The summed E-state index contributed by atoms with van der Waals surface area (Å²) in [7, 11) is 0. The lowest BCUT2D eigenvalue weighted by molar-refractivity contribution is -0.135. The number of carbonyl (C=O) groups excluding carboxylic acids is 3. The van der Waals surface area contributed by atoms with Crippen molar-refractivity contribution in [1.82, 2.24) is 15.2 Å².